The van der Waals surface area contributed by atoms with Gasteiger partial charge in [0.1, 0.15) is 5.75 Å². The summed E-state index contributed by atoms with van der Waals surface area (Å²) >= 11 is 0. The number of methoxy groups -OCH3 is 1. The number of amides is 1. The number of aromatic amines is 1. The predicted octanol–water partition coefficient (Wildman–Crippen LogP) is 4.86. The van der Waals surface area contributed by atoms with Crippen LogP contribution in [0.2, 0.25) is 0 Å². The molecule has 3 aromatic rings. The van der Waals surface area contributed by atoms with E-state index in [1.165, 1.54) is 12.8 Å². The second-order valence-electron chi connectivity index (χ2n) is 7.49. The van der Waals surface area contributed by atoms with Crippen LogP contribution in [0.1, 0.15) is 31.0 Å². The lowest BCUT2D eigenvalue weighted by atomic mass is 10.0. The predicted molar refractivity (Wildman–Crippen MR) is 109 cm³/mol. The third kappa shape index (κ3) is 3.44. The molecule has 1 unspecified atom stereocenters. The van der Waals surface area contributed by atoms with Crippen molar-refractivity contribution in [3.63, 3.8) is 0 Å². The smallest absolute Gasteiger partial charge is 0.231 e. The number of hydrogen-bond acceptors (Lipinski definition) is 2. The molecule has 1 amide bonds. The molecule has 4 rings (SSSR count). The molecular weight excluding hydrogens is 336 g/mol. The molecule has 1 aromatic heterocycles. The van der Waals surface area contributed by atoms with Gasteiger partial charge in [0, 0.05) is 28.3 Å². The molecule has 1 atom stereocenters. The van der Waals surface area contributed by atoms with E-state index in [9.17, 15) is 4.79 Å². The van der Waals surface area contributed by atoms with Crippen LogP contribution in [0.25, 0.3) is 10.9 Å². The van der Waals surface area contributed by atoms with Crippen molar-refractivity contribution in [3.05, 3.63) is 59.8 Å². The van der Waals surface area contributed by atoms with Crippen LogP contribution >= 0.6 is 0 Å². The number of nitrogens with zero attached hydrogens (tertiary/aromatic N) is 1. The third-order valence-corrected chi connectivity index (χ3v) is 5.69. The van der Waals surface area contributed by atoms with Gasteiger partial charge in [0.05, 0.1) is 13.5 Å². The summed E-state index contributed by atoms with van der Waals surface area (Å²) in [6.07, 6.45) is 2.80. The highest BCUT2D eigenvalue weighted by Crippen LogP contribution is 2.38. The normalized spacial score (nSPS) is 14.9. The van der Waals surface area contributed by atoms with E-state index in [0.29, 0.717) is 12.3 Å². The zero-order valence-electron chi connectivity index (χ0n) is 16.2. The molecule has 0 bridgehead atoms. The number of H-pyrrole nitrogens is 1. The number of nitrogens with one attached hydrogen (secondary N) is 1. The van der Waals surface area contributed by atoms with Crippen molar-refractivity contribution in [3.8, 4) is 5.75 Å². The summed E-state index contributed by atoms with van der Waals surface area (Å²) in [5.41, 5.74) is 4.19. The Balaban J connectivity index is 1.66. The van der Waals surface area contributed by atoms with E-state index < -0.39 is 0 Å². The summed E-state index contributed by atoms with van der Waals surface area (Å²) < 4.78 is 5.27. The van der Waals surface area contributed by atoms with Crippen molar-refractivity contribution < 1.29 is 9.53 Å². The van der Waals surface area contributed by atoms with Crippen molar-refractivity contribution in [2.75, 3.05) is 12.0 Å². The van der Waals surface area contributed by atoms with E-state index >= 15 is 0 Å². The lowest BCUT2D eigenvalue weighted by Crippen LogP contribution is -2.41. The maximum atomic E-state index is 13.4. The van der Waals surface area contributed by atoms with Crippen molar-refractivity contribution in [2.45, 2.75) is 39.2 Å². The minimum absolute atomic E-state index is 0.146. The summed E-state index contributed by atoms with van der Waals surface area (Å²) in [6.45, 7) is 4.21. The minimum Gasteiger partial charge on any atom is -0.497 e. The number of ether oxygens (including phenoxy) is 1. The van der Waals surface area contributed by atoms with Crippen molar-refractivity contribution in [1.82, 2.24) is 4.98 Å². The Labute approximate surface area is 160 Å². The molecule has 1 saturated carbocycles. The van der Waals surface area contributed by atoms with Crippen LogP contribution in [0.15, 0.2) is 48.5 Å². The van der Waals surface area contributed by atoms with Gasteiger partial charge in [-0.1, -0.05) is 18.2 Å². The standard InChI is InChI=1S/C23H26N2O2/c1-15-21(20-6-4-5-7-22(20)24-15)14-23(26)25(16(2)17-8-9-17)18-10-12-19(27-3)13-11-18/h4-7,10-13,16-17,24H,8-9,14H2,1-3H3. The molecule has 0 radical (unpaired) electrons. The van der Waals surface area contributed by atoms with E-state index in [2.05, 4.69) is 24.0 Å². The Morgan fingerprint density at radius 1 is 1.19 bits per heavy atom. The van der Waals surface area contributed by atoms with Gasteiger partial charge in [0.15, 0.2) is 0 Å². The fourth-order valence-corrected chi connectivity index (χ4v) is 3.94. The van der Waals surface area contributed by atoms with Crippen LogP contribution in [-0.2, 0) is 11.2 Å². The van der Waals surface area contributed by atoms with Crippen LogP contribution in [0, 0.1) is 12.8 Å². The molecule has 4 heteroatoms. The van der Waals surface area contributed by atoms with E-state index in [-0.39, 0.29) is 11.9 Å². The molecule has 1 aliphatic carbocycles. The number of benzene rings is 2. The van der Waals surface area contributed by atoms with Gasteiger partial charge in [-0.05, 0) is 68.5 Å². The minimum atomic E-state index is 0.146. The zero-order valence-corrected chi connectivity index (χ0v) is 16.2. The summed E-state index contributed by atoms with van der Waals surface area (Å²) in [6, 6.07) is 16.2. The number of hydrogen-bond donors (Lipinski definition) is 1. The molecular formula is C23H26N2O2. The molecule has 1 N–H and O–H groups in total. The molecule has 0 spiro atoms. The van der Waals surface area contributed by atoms with Gasteiger partial charge >= 0.3 is 0 Å². The molecule has 0 saturated heterocycles. The van der Waals surface area contributed by atoms with E-state index in [1.54, 1.807) is 7.11 Å². The summed E-state index contributed by atoms with van der Waals surface area (Å²) in [5.74, 6) is 1.55. The number of aryl methyl sites for hydroxylation is 1. The first-order valence-corrected chi connectivity index (χ1v) is 9.60. The molecule has 27 heavy (non-hydrogen) atoms. The number of anilines is 1. The van der Waals surface area contributed by atoms with Crippen LogP contribution in [0.5, 0.6) is 5.75 Å². The Morgan fingerprint density at radius 2 is 1.89 bits per heavy atom. The van der Waals surface area contributed by atoms with Gasteiger partial charge in [-0.3, -0.25) is 4.79 Å². The Hall–Kier alpha value is -2.75. The first-order valence-electron chi connectivity index (χ1n) is 9.60. The molecule has 4 nitrogen and oxygen atoms in total. The van der Waals surface area contributed by atoms with Gasteiger partial charge in [0.25, 0.3) is 0 Å². The Bertz CT molecular complexity index is 954. The van der Waals surface area contributed by atoms with Crippen LogP contribution in [0.3, 0.4) is 0 Å². The quantitative estimate of drug-likeness (QED) is 0.681. The van der Waals surface area contributed by atoms with Gasteiger partial charge in [-0.2, -0.15) is 0 Å². The van der Waals surface area contributed by atoms with Gasteiger partial charge in [0.2, 0.25) is 5.91 Å². The van der Waals surface area contributed by atoms with Crippen LogP contribution < -0.4 is 9.64 Å². The van der Waals surface area contributed by atoms with Crippen LogP contribution in [0.4, 0.5) is 5.69 Å². The molecule has 1 fully saturated rings. The first kappa shape index (κ1) is 17.7. The number of rotatable bonds is 6. The molecule has 2 aromatic carbocycles. The second-order valence-corrected chi connectivity index (χ2v) is 7.49. The summed E-state index contributed by atoms with van der Waals surface area (Å²) in [5, 5.41) is 1.14. The topological polar surface area (TPSA) is 45.3 Å². The van der Waals surface area contributed by atoms with E-state index in [0.717, 1.165) is 33.6 Å². The lowest BCUT2D eigenvalue weighted by molar-refractivity contribution is -0.118. The van der Waals surface area contributed by atoms with Gasteiger partial charge < -0.3 is 14.6 Å². The largest absolute Gasteiger partial charge is 0.497 e. The maximum absolute atomic E-state index is 13.4. The fourth-order valence-electron chi connectivity index (χ4n) is 3.94. The van der Waals surface area contributed by atoms with E-state index in [4.69, 9.17) is 4.74 Å². The number of fused-ring (bicyclic) bond motifs is 1. The molecule has 1 heterocycles. The number of carbonyl (C=O) groups is 1. The first-order chi connectivity index (χ1) is 13.1. The highest BCUT2D eigenvalue weighted by Gasteiger charge is 2.35. The summed E-state index contributed by atoms with van der Waals surface area (Å²) in [7, 11) is 1.66. The van der Waals surface area contributed by atoms with Crippen molar-refractivity contribution in [2.24, 2.45) is 5.92 Å². The molecule has 0 aliphatic heterocycles. The Morgan fingerprint density at radius 3 is 2.56 bits per heavy atom. The van der Waals surface area contributed by atoms with Crippen LogP contribution in [-0.4, -0.2) is 24.0 Å². The molecule has 1 aliphatic rings. The van der Waals surface area contributed by atoms with Crippen molar-refractivity contribution >= 4 is 22.5 Å². The average molecular weight is 362 g/mol. The average Bonchev–Trinajstić information content (AvgIpc) is 3.48. The highest BCUT2D eigenvalue weighted by molar-refractivity contribution is 5.98. The fraction of sp³-hybridized carbons (Fsp3) is 0.348. The zero-order chi connectivity index (χ0) is 19.0. The van der Waals surface area contributed by atoms with Crippen molar-refractivity contribution in [1.29, 1.82) is 0 Å². The maximum Gasteiger partial charge on any atom is 0.231 e. The SMILES string of the molecule is COc1ccc(N(C(=O)Cc2c(C)[nH]c3ccccc23)C(C)C2CC2)cc1. The number of para-hydroxylation sites is 1. The Kier molecular flexibility index (Phi) is 4.65. The highest BCUT2D eigenvalue weighted by atomic mass is 16.5. The van der Waals surface area contributed by atoms with E-state index in [1.807, 2.05) is 48.2 Å². The second kappa shape index (κ2) is 7.10. The third-order valence-electron chi connectivity index (χ3n) is 5.69. The van der Waals surface area contributed by atoms with Gasteiger partial charge in [-0.15, -0.1) is 0 Å². The number of aromatic nitrogens is 1. The monoisotopic (exact) mass is 362 g/mol. The lowest BCUT2D eigenvalue weighted by Gasteiger charge is -2.30. The summed E-state index contributed by atoms with van der Waals surface area (Å²) in [4.78, 5) is 18.8. The number of carbonyl (C=O) groups excluding carboxylic acids is 1. The molecule has 140 valence electrons. The van der Waals surface area contributed by atoms with Gasteiger partial charge in [-0.25, -0.2) is 0 Å².